The fraction of sp³-hybridized carbons (Fsp3) is 0.571. The number of pyridine rings is 1. The fourth-order valence-electron chi connectivity index (χ4n) is 2.41. The monoisotopic (exact) mass is 263 g/mol. The largest absolute Gasteiger partial charge is 0.393 e. The minimum atomic E-state index is -0.449. The van der Waals surface area contributed by atoms with Crippen LogP contribution in [-0.4, -0.2) is 35.2 Å². The number of aryl methyl sites for hydroxylation is 2. The van der Waals surface area contributed by atoms with Crippen LogP contribution in [0.2, 0.25) is 0 Å². The van der Waals surface area contributed by atoms with E-state index >= 15 is 0 Å². The highest BCUT2D eigenvalue weighted by Crippen LogP contribution is 2.23. The number of nitrogens with zero attached hydrogens (tertiary/aromatic N) is 2. The van der Waals surface area contributed by atoms with Gasteiger partial charge < -0.3 is 15.7 Å². The number of hydrogen-bond donors (Lipinski definition) is 2. The molecule has 1 fully saturated rings. The first-order chi connectivity index (χ1) is 8.99. The van der Waals surface area contributed by atoms with Crippen molar-refractivity contribution >= 4 is 11.7 Å². The molecule has 19 heavy (non-hydrogen) atoms. The third-order valence-electron chi connectivity index (χ3n) is 3.71. The molecule has 0 radical (unpaired) electrons. The van der Waals surface area contributed by atoms with Crippen molar-refractivity contribution in [3.8, 4) is 0 Å². The normalized spacial score (nSPS) is 20.2. The quantitative estimate of drug-likeness (QED) is 0.839. The van der Waals surface area contributed by atoms with Crippen molar-refractivity contribution < 1.29 is 9.90 Å². The van der Waals surface area contributed by atoms with Crippen molar-refractivity contribution in [3.63, 3.8) is 0 Å². The lowest BCUT2D eigenvalue weighted by Crippen LogP contribution is -2.29. The predicted molar refractivity (Wildman–Crippen MR) is 74.3 cm³/mol. The van der Waals surface area contributed by atoms with E-state index in [0.29, 0.717) is 24.3 Å². The maximum absolute atomic E-state index is 11.6. The molecule has 0 aromatic carbocycles. The van der Waals surface area contributed by atoms with Gasteiger partial charge in [0.05, 0.1) is 11.7 Å². The van der Waals surface area contributed by atoms with Crippen LogP contribution in [0.5, 0.6) is 0 Å². The average Bonchev–Trinajstić information content (AvgIpc) is 2.57. The van der Waals surface area contributed by atoms with Crippen LogP contribution in [-0.2, 0) is 0 Å². The lowest BCUT2D eigenvalue weighted by molar-refractivity contribution is 0.100. The molecule has 2 heterocycles. The SMILES string of the molecule is Cc1cc(C(N)=O)c(N2CCCC(O)CC2)nc1C. The molecule has 3 N–H and O–H groups in total. The molecule has 104 valence electrons. The first-order valence-electron chi connectivity index (χ1n) is 6.70. The van der Waals surface area contributed by atoms with Crippen LogP contribution in [0.25, 0.3) is 0 Å². The Balaban J connectivity index is 2.37. The van der Waals surface area contributed by atoms with E-state index in [1.54, 1.807) is 6.07 Å². The van der Waals surface area contributed by atoms with E-state index in [0.717, 1.165) is 30.6 Å². The Kier molecular flexibility index (Phi) is 4.04. The third kappa shape index (κ3) is 3.04. The van der Waals surface area contributed by atoms with E-state index in [2.05, 4.69) is 9.88 Å². The van der Waals surface area contributed by atoms with Crippen molar-refractivity contribution in [2.45, 2.75) is 39.2 Å². The van der Waals surface area contributed by atoms with Gasteiger partial charge in [0.25, 0.3) is 5.91 Å². The van der Waals surface area contributed by atoms with E-state index in [4.69, 9.17) is 5.73 Å². The molecule has 0 saturated carbocycles. The Hall–Kier alpha value is -1.62. The van der Waals surface area contributed by atoms with E-state index < -0.39 is 5.91 Å². The highest BCUT2D eigenvalue weighted by atomic mass is 16.3. The summed E-state index contributed by atoms with van der Waals surface area (Å²) in [7, 11) is 0. The third-order valence-corrected chi connectivity index (χ3v) is 3.71. The van der Waals surface area contributed by atoms with Gasteiger partial charge in [-0.2, -0.15) is 0 Å². The molecule has 1 unspecified atom stereocenters. The van der Waals surface area contributed by atoms with E-state index in [9.17, 15) is 9.90 Å². The molecule has 2 rings (SSSR count). The highest BCUT2D eigenvalue weighted by Gasteiger charge is 2.21. The summed E-state index contributed by atoms with van der Waals surface area (Å²) < 4.78 is 0. The number of nitrogens with two attached hydrogens (primary N) is 1. The molecule has 1 atom stereocenters. The molecule has 1 aromatic heterocycles. The van der Waals surface area contributed by atoms with Gasteiger partial charge in [-0.15, -0.1) is 0 Å². The van der Waals surface area contributed by atoms with Crippen molar-refractivity contribution in [1.29, 1.82) is 0 Å². The summed E-state index contributed by atoms with van der Waals surface area (Å²) in [5.74, 6) is 0.208. The number of carbonyl (C=O) groups is 1. The summed E-state index contributed by atoms with van der Waals surface area (Å²) in [6.45, 7) is 5.35. The van der Waals surface area contributed by atoms with Gasteiger partial charge in [0.1, 0.15) is 5.82 Å². The van der Waals surface area contributed by atoms with Crippen molar-refractivity contribution in [1.82, 2.24) is 4.98 Å². The van der Waals surface area contributed by atoms with Crippen LogP contribution in [0, 0.1) is 13.8 Å². The van der Waals surface area contributed by atoms with Crippen molar-refractivity contribution in [2.75, 3.05) is 18.0 Å². The van der Waals surface area contributed by atoms with Crippen LogP contribution < -0.4 is 10.6 Å². The Bertz CT molecular complexity index is 488. The summed E-state index contributed by atoms with van der Waals surface area (Å²) in [6, 6.07) is 1.81. The number of amides is 1. The van der Waals surface area contributed by atoms with E-state index in [-0.39, 0.29) is 6.10 Å². The van der Waals surface area contributed by atoms with Gasteiger partial charge in [0.15, 0.2) is 0 Å². The summed E-state index contributed by atoms with van der Waals surface area (Å²) in [6.07, 6.45) is 2.14. The Morgan fingerprint density at radius 1 is 1.42 bits per heavy atom. The number of hydrogen-bond acceptors (Lipinski definition) is 4. The van der Waals surface area contributed by atoms with Crippen LogP contribution in [0.1, 0.15) is 40.9 Å². The molecule has 1 amide bonds. The second kappa shape index (κ2) is 5.57. The van der Waals surface area contributed by atoms with Gasteiger partial charge in [-0.1, -0.05) is 0 Å². The first-order valence-corrected chi connectivity index (χ1v) is 6.70. The van der Waals surface area contributed by atoms with Gasteiger partial charge in [-0.3, -0.25) is 4.79 Å². The Morgan fingerprint density at radius 3 is 2.84 bits per heavy atom. The summed E-state index contributed by atoms with van der Waals surface area (Å²) in [4.78, 5) is 18.2. The van der Waals surface area contributed by atoms with E-state index in [1.807, 2.05) is 13.8 Å². The van der Waals surface area contributed by atoms with Gasteiger partial charge in [0.2, 0.25) is 0 Å². The predicted octanol–water partition coefficient (Wildman–Crippen LogP) is 1.15. The Morgan fingerprint density at radius 2 is 2.16 bits per heavy atom. The number of carbonyl (C=O) groups excluding carboxylic acids is 1. The molecule has 5 heteroatoms. The van der Waals surface area contributed by atoms with Crippen molar-refractivity contribution in [3.05, 3.63) is 22.9 Å². The topological polar surface area (TPSA) is 79.5 Å². The number of anilines is 1. The number of primary amides is 1. The molecular weight excluding hydrogens is 242 g/mol. The zero-order chi connectivity index (χ0) is 14.0. The lowest BCUT2D eigenvalue weighted by atomic mass is 10.1. The van der Waals surface area contributed by atoms with Crippen LogP contribution in [0.4, 0.5) is 5.82 Å². The average molecular weight is 263 g/mol. The van der Waals surface area contributed by atoms with Gasteiger partial charge in [-0.05, 0) is 44.7 Å². The molecule has 0 bridgehead atoms. The maximum atomic E-state index is 11.6. The van der Waals surface area contributed by atoms with Gasteiger partial charge in [0, 0.05) is 18.8 Å². The van der Waals surface area contributed by atoms with Gasteiger partial charge >= 0.3 is 0 Å². The molecule has 1 aromatic rings. The Labute approximate surface area is 113 Å². The van der Waals surface area contributed by atoms with Crippen LogP contribution in [0.15, 0.2) is 6.07 Å². The highest BCUT2D eigenvalue weighted by molar-refractivity contribution is 5.98. The number of rotatable bonds is 2. The molecule has 5 nitrogen and oxygen atoms in total. The second-order valence-electron chi connectivity index (χ2n) is 5.20. The van der Waals surface area contributed by atoms with Crippen molar-refractivity contribution in [2.24, 2.45) is 5.73 Å². The molecule has 1 aliphatic rings. The summed E-state index contributed by atoms with van der Waals surface area (Å²) in [5.41, 5.74) is 7.80. The molecule has 0 aliphatic carbocycles. The first kappa shape index (κ1) is 13.8. The summed E-state index contributed by atoms with van der Waals surface area (Å²) >= 11 is 0. The molecule has 1 aliphatic heterocycles. The molecular formula is C14H21N3O2. The zero-order valence-corrected chi connectivity index (χ0v) is 11.5. The maximum Gasteiger partial charge on any atom is 0.252 e. The minimum Gasteiger partial charge on any atom is -0.393 e. The number of aromatic nitrogens is 1. The lowest BCUT2D eigenvalue weighted by Gasteiger charge is -2.24. The fourth-order valence-corrected chi connectivity index (χ4v) is 2.41. The standard InChI is InChI=1S/C14H21N3O2/c1-9-8-12(13(15)19)14(16-10(9)2)17-6-3-4-11(18)5-7-17/h8,11,18H,3-7H2,1-2H3,(H2,15,19). The second-order valence-corrected chi connectivity index (χ2v) is 5.20. The minimum absolute atomic E-state index is 0.256. The zero-order valence-electron chi connectivity index (χ0n) is 11.5. The summed E-state index contributed by atoms with van der Waals surface area (Å²) in [5, 5.41) is 9.69. The van der Waals surface area contributed by atoms with Crippen LogP contribution >= 0.6 is 0 Å². The smallest absolute Gasteiger partial charge is 0.252 e. The van der Waals surface area contributed by atoms with Gasteiger partial charge in [-0.25, -0.2) is 4.98 Å². The van der Waals surface area contributed by atoms with Crippen LogP contribution in [0.3, 0.4) is 0 Å². The molecule has 0 spiro atoms. The molecule has 1 saturated heterocycles. The van der Waals surface area contributed by atoms with E-state index in [1.165, 1.54) is 0 Å². The number of aliphatic hydroxyl groups excluding tert-OH is 1. The number of aliphatic hydroxyl groups is 1.